The molecule has 0 bridgehead atoms. The van der Waals surface area contributed by atoms with Crippen LogP contribution < -0.4 is 4.72 Å². The minimum absolute atomic E-state index is 0.0991. The van der Waals surface area contributed by atoms with E-state index in [4.69, 9.17) is 0 Å². The molecule has 2 aromatic heterocycles. The molecule has 0 saturated carbocycles. The van der Waals surface area contributed by atoms with Gasteiger partial charge in [0.15, 0.2) is 0 Å². The van der Waals surface area contributed by atoms with Gasteiger partial charge in [0.2, 0.25) is 10.0 Å². The average molecular weight is 387 g/mol. The Morgan fingerprint density at radius 1 is 1.19 bits per heavy atom. The molecule has 2 heterocycles. The van der Waals surface area contributed by atoms with Gasteiger partial charge in [-0.1, -0.05) is 6.07 Å². The highest BCUT2D eigenvalue weighted by molar-refractivity contribution is 7.89. The molecule has 0 saturated heterocycles. The van der Waals surface area contributed by atoms with Crippen LogP contribution in [0.5, 0.6) is 0 Å². The first-order valence-corrected chi connectivity index (χ1v) is 9.54. The first-order chi connectivity index (χ1) is 12.9. The minimum atomic E-state index is -3.87. The van der Waals surface area contributed by atoms with E-state index in [9.17, 15) is 18.5 Å². The first kappa shape index (κ1) is 18.7. The zero-order valence-corrected chi connectivity index (χ0v) is 15.3. The van der Waals surface area contributed by atoms with Gasteiger partial charge in [0, 0.05) is 42.8 Å². The van der Waals surface area contributed by atoms with Crippen LogP contribution in [0, 0.1) is 17.0 Å². The lowest BCUT2D eigenvalue weighted by atomic mass is 10.2. The Morgan fingerprint density at radius 2 is 1.93 bits per heavy atom. The van der Waals surface area contributed by atoms with Crippen molar-refractivity contribution < 1.29 is 13.3 Å². The van der Waals surface area contributed by atoms with E-state index in [1.807, 2.05) is 18.2 Å². The molecular weight excluding hydrogens is 370 g/mol. The lowest BCUT2D eigenvalue weighted by molar-refractivity contribution is -0.385. The fraction of sp³-hybridized carbons (Fsp3) is 0.176. The van der Waals surface area contributed by atoms with Crippen LogP contribution in [0.3, 0.4) is 0 Å². The summed E-state index contributed by atoms with van der Waals surface area (Å²) in [6.07, 6.45) is 5.09. The van der Waals surface area contributed by atoms with Crippen LogP contribution in [0.15, 0.2) is 59.9 Å². The maximum absolute atomic E-state index is 12.5. The molecule has 0 fully saturated rings. The molecule has 0 radical (unpaired) electrons. The number of nitrogens with one attached hydrogen (secondary N) is 1. The van der Waals surface area contributed by atoms with Crippen LogP contribution in [0.4, 0.5) is 5.69 Å². The van der Waals surface area contributed by atoms with E-state index in [0.29, 0.717) is 12.1 Å². The number of aryl methyl sites for hydroxylation is 1. The number of pyridine rings is 1. The van der Waals surface area contributed by atoms with Gasteiger partial charge < -0.3 is 0 Å². The van der Waals surface area contributed by atoms with E-state index >= 15 is 0 Å². The predicted octanol–water partition coefficient (Wildman–Crippen LogP) is 2.14. The van der Waals surface area contributed by atoms with Gasteiger partial charge in [0.05, 0.1) is 22.1 Å². The van der Waals surface area contributed by atoms with Gasteiger partial charge in [-0.3, -0.25) is 19.8 Å². The fourth-order valence-corrected chi connectivity index (χ4v) is 3.81. The van der Waals surface area contributed by atoms with Gasteiger partial charge in [-0.2, -0.15) is 5.10 Å². The number of rotatable bonds is 7. The van der Waals surface area contributed by atoms with E-state index in [0.717, 1.165) is 17.3 Å². The molecule has 0 amide bonds. The maximum atomic E-state index is 12.5. The topological polar surface area (TPSA) is 120 Å². The summed E-state index contributed by atoms with van der Waals surface area (Å²) in [5, 5.41) is 15.3. The van der Waals surface area contributed by atoms with E-state index in [2.05, 4.69) is 14.8 Å². The van der Waals surface area contributed by atoms with Crippen molar-refractivity contribution in [3.05, 3.63) is 70.7 Å². The third-order valence-electron chi connectivity index (χ3n) is 3.92. The Bertz CT molecular complexity index is 1060. The van der Waals surface area contributed by atoms with Gasteiger partial charge >= 0.3 is 0 Å². The van der Waals surface area contributed by atoms with Crippen LogP contribution >= 0.6 is 0 Å². The summed E-state index contributed by atoms with van der Waals surface area (Å²) in [5.74, 6) is 0. The Kier molecular flexibility index (Phi) is 5.28. The molecule has 0 unspecified atom stereocenters. The minimum Gasteiger partial charge on any atom is -0.271 e. The molecule has 27 heavy (non-hydrogen) atoms. The lowest BCUT2D eigenvalue weighted by Crippen LogP contribution is -2.28. The standard InChI is InChI=1S/C17H17N5O4S/c1-13-2-3-15(22(23)24)12-17(13)27(25,26)19-9-11-21-10-6-16(20-21)14-4-7-18-8-5-14/h2-8,10,12,19H,9,11H2,1H3. The third-order valence-corrected chi connectivity index (χ3v) is 5.52. The second kappa shape index (κ2) is 7.64. The van der Waals surface area contributed by atoms with Crippen molar-refractivity contribution in [2.24, 2.45) is 0 Å². The molecule has 0 spiro atoms. The number of nitro benzene ring substituents is 1. The van der Waals surface area contributed by atoms with E-state index in [1.165, 1.54) is 12.1 Å². The quantitative estimate of drug-likeness (QED) is 0.490. The number of non-ortho nitro benzene ring substituents is 1. The van der Waals surface area contributed by atoms with Crippen LogP contribution in [0.1, 0.15) is 5.56 Å². The Morgan fingerprint density at radius 3 is 2.63 bits per heavy atom. The summed E-state index contributed by atoms with van der Waals surface area (Å²) >= 11 is 0. The van der Waals surface area contributed by atoms with Crippen LogP contribution in [-0.4, -0.2) is 34.7 Å². The third kappa shape index (κ3) is 4.36. The van der Waals surface area contributed by atoms with Gasteiger partial charge in [0.1, 0.15) is 0 Å². The number of hydrogen-bond acceptors (Lipinski definition) is 6. The summed E-state index contributed by atoms with van der Waals surface area (Å²) in [4.78, 5) is 14.1. The molecule has 9 nitrogen and oxygen atoms in total. The van der Waals surface area contributed by atoms with Crippen LogP contribution in [-0.2, 0) is 16.6 Å². The molecule has 140 valence electrons. The van der Waals surface area contributed by atoms with Crippen molar-refractivity contribution in [2.75, 3.05) is 6.54 Å². The van der Waals surface area contributed by atoms with E-state index in [1.54, 1.807) is 30.2 Å². The fourth-order valence-electron chi connectivity index (χ4n) is 2.53. The van der Waals surface area contributed by atoms with Crippen molar-refractivity contribution in [1.82, 2.24) is 19.5 Å². The van der Waals surface area contributed by atoms with Gasteiger partial charge in [0.25, 0.3) is 5.69 Å². The summed E-state index contributed by atoms with van der Waals surface area (Å²) in [7, 11) is -3.87. The lowest BCUT2D eigenvalue weighted by Gasteiger charge is -2.09. The molecule has 3 aromatic rings. The highest BCUT2D eigenvalue weighted by Gasteiger charge is 2.20. The van der Waals surface area contributed by atoms with E-state index < -0.39 is 14.9 Å². The molecule has 1 N–H and O–H groups in total. The number of nitro groups is 1. The molecular formula is C17H17N5O4S. The largest absolute Gasteiger partial charge is 0.271 e. The van der Waals surface area contributed by atoms with Crippen LogP contribution in [0.2, 0.25) is 0 Å². The van der Waals surface area contributed by atoms with Crippen LogP contribution in [0.25, 0.3) is 11.3 Å². The molecule has 3 rings (SSSR count). The Hall–Kier alpha value is -3.11. The summed E-state index contributed by atoms with van der Waals surface area (Å²) in [5.41, 5.74) is 1.84. The normalized spacial score (nSPS) is 11.4. The second-order valence-corrected chi connectivity index (χ2v) is 7.54. The Labute approximate surface area is 155 Å². The number of aromatic nitrogens is 3. The first-order valence-electron chi connectivity index (χ1n) is 8.05. The van der Waals surface area contributed by atoms with Crippen molar-refractivity contribution in [3.8, 4) is 11.3 Å². The average Bonchev–Trinajstić information content (AvgIpc) is 3.11. The molecule has 10 heteroatoms. The van der Waals surface area contributed by atoms with Crippen molar-refractivity contribution in [1.29, 1.82) is 0 Å². The van der Waals surface area contributed by atoms with Crippen molar-refractivity contribution in [3.63, 3.8) is 0 Å². The maximum Gasteiger partial charge on any atom is 0.270 e. The smallest absolute Gasteiger partial charge is 0.270 e. The second-order valence-electron chi connectivity index (χ2n) is 5.80. The number of benzene rings is 1. The molecule has 1 aromatic carbocycles. The molecule has 0 aliphatic heterocycles. The Balaban J connectivity index is 1.68. The monoisotopic (exact) mass is 387 g/mol. The van der Waals surface area contributed by atoms with Crippen molar-refractivity contribution >= 4 is 15.7 Å². The SMILES string of the molecule is Cc1ccc([N+](=O)[O-])cc1S(=O)(=O)NCCn1ccc(-c2ccncc2)n1. The molecule has 0 aliphatic rings. The molecule has 0 aliphatic carbocycles. The number of hydrogen-bond donors (Lipinski definition) is 1. The zero-order chi connectivity index (χ0) is 19.4. The number of nitrogens with zero attached hydrogens (tertiary/aromatic N) is 4. The zero-order valence-electron chi connectivity index (χ0n) is 14.4. The highest BCUT2D eigenvalue weighted by atomic mass is 32.2. The summed E-state index contributed by atoms with van der Waals surface area (Å²) in [6.45, 7) is 2.01. The summed E-state index contributed by atoms with van der Waals surface area (Å²) in [6, 6.07) is 9.25. The van der Waals surface area contributed by atoms with Gasteiger partial charge in [-0.25, -0.2) is 13.1 Å². The predicted molar refractivity (Wildman–Crippen MR) is 98.5 cm³/mol. The summed E-state index contributed by atoms with van der Waals surface area (Å²) < 4.78 is 29.0. The number of sulfonamides is 1. The molecule has 0 atom stereocenters. The van der Waals surface area contributed by atoms with Gasteiger partial charge in [-0.05, 0) is 30.7 Å². The van der Waals surface area contributed by atoms with Gasteiger partial charge in [-0.15, -0.1) is 0 Å². The van der Waals surface area contributed by atoms with Crippen molar-refractivity contribution in [2.45, 2.75) is 18.4 Å². The highest BCUT2D eigenvalue weighted by Crippen LogP contribution is 2.21. The van der Waals surface area contributed by atoms with E-state index in [-0.39, 0.29) is 17.1 Å².